The van der Waals surface area contributed by atoms with Crippen LogP contribution in [0.5, 0.6) is 0 Å². The van der Waals surface area contributed by atoms with Gasteiger partial charge < -0.3 is 19.9 Å². The third-order valence-corrected chi connectivity index (χ3v) is 4.85. The minimum Gasteiger partial charge on any atom is -0.481 e. The number of carbonyl (C=O) groups is 4. The Morgan fingerprint density at radius 2 is 1.92 bits per heavy atom. The lowest BCUT2D eigenvalue weighted by Crippen LogP contribution is -2.47. The maximum atomic E-state index is 12.7. The number of H-pyrrole nitrogens is 1. The van der Waals surface area contributed by atoms with Crippen molar-refractivity contribution in [2.24, 2.45) is 5.92 Å². The van der Waals surface area contributed by atoms with Gasteiger partial charge in [-0.15, -0.1) is 0 Å². The van der Waals surface area contributed by atoms with Gasteiger partial charge in [0, 0.05) is 31.4 Å². The van der Waals surface area contributed by atoms with E-state index in [1.54, 1.807) is 13.8 Å². The van der Waals surface area contributed by atoms with Crippen molar-refractivity contribution in [2.45, 2.75) is 33.6 Å². The van der Waals surface area contributed by atoms with Crippen molar-refractivity contribution in [3.8, 4) is 0 Å². The van der Waals surface area contributed by atoms with E-state index in [9.17, 15) is 19.2 Å². The maximum absolute atomic E-state index is 12.7. The SMILES string of the molecule is CC(=O)c1c(C)[nH]c(C(=O)N(C)CC(=O)N2CCCC(C(=O)O)C2)c1C. The average molecular weight is 363 g/mol. The third kappa shape index (κ3) is 3.95. The Balaban J connectivity index is 2.07. The summed E-state index contributed by atoms with van der Waals surface area (Å²) in [6.07, 6.45) is 1.19. The van der Waals surface area contributed by atoms with Gasteiger partial charge in [-0.05, 0) is 39.2 Å². The van der Waals surface area contributed by atoms with Gasteiger partial charge in [0.1, 0.15) is 5.69 Å². The quantitative estimate of drug-likeness (QED) is 0.765. The second kappa shape index (κ2) is 7.72. The van der Waals surface area contributed by atoms with E-state index >= 15 is 0 Å². The van der Waals surface area contributed by atoms with E-state index in [4.69, 9.17) is 5.11 Å². The first-order valence-corrected chi connectivity index (χ1v) is 8.59. The summed E-state index contributed by atoms with van der Waals surface area (Å²) in [6.45, 7) is 5.40. The van der Waals surface area contributed by atoms with Crippen LogP contribution in [0.15, 0.2) is 0 Å². The number of hydrogen-bond acceptors (Lipinski definition) is 4. The molecule has 8 nitrogen and oxygen atoms in total. The van der Waals surface area contributed by atoms with Gasteiger partial charge in [0.25, 0.3) is 5.91 Å². The Kier molecular flexibility index (Phi) is 5.84. The number of nitrogens with one attached hydrogen (secondary N) is 1. The molecule has 0 saturated carbocycles. The van der Waals surface area contributed by atoms with Crippen LogP contribution in [0.25, 0.3) is 0 Å². The van der Waals surface area contributed by atoms with Crippen molar-refractivity contribution in [3.63, 3.8) is 0 Å². The summed E-state index contributed by atoms with van der Waals surface area (Å²) in [5, 5.41) is 9.13. The number of aliphatic carboxylic acids is 1. The van der Waals surface area contributed by atoms with Gasteiger partial charge in [-0.1, -0.05) is 0 Å². The highest BCUT2D eigenvalue weighted by Crippen LogP contribution is 2.20. The number of likely N-dealkylation sites (N-methyl/N-ethyl adjacent to an activating group) is 1. The Hall–Kier alpha value is -2.64. The molecule has 1 aliphatic rings. The van der Waals surface area contributed by atoms with Gasteiger partial charge in [0.05, 0.1) is 12.5 Å². The number of ketones is 1. The van der Waals surface area contributed by atoms with Crippen LogP contribution >= 0.6 is 0 Å². The van der Waals surface area contributed by atoms with E-state index in [1.807, 2.05) is 0 Å². The average Bonchev–Trinajstić information content (AvgIpc) is 2.88. The molecule has 1 atom stereocenters. The fourth-order valence-corrected chi connectivity index (χ4v) is 3.46. The Morgan fingerprint density at radius 1 is 1.27 bits per heavy atom. The number of carbonyl (C=O) groups excluding carboxylic acids is 3. The molecule has 0 bridgehead atoms. The molecule has 1 aromatic heterocycles. The maximum Gasteiger partial charge on any atom is 0.308 e. The molecule has 0 spiro atoms. The molecule has 26 heavy (non-hydrogen) atoms. The summed E-state index contributed by atoms with van der Waals surface area (Å²) < 4.78 is 0. The summed E-state index contributed by atoms with van der Waals surface area (Å²) >= 11 is 0. The minimum absolute atomic E-state index is 0.123. The zero-order chi connectivity index (χ0) is 19.6. The summed E-state index contributed by atoms with van der Waals surface area (Å²) in [7, 11) is 1.52. The van der Waals surface area contributed by atoms with Crippen molar-refractivity contribution in [3.05, 3.63) is 22.5 Å². The lowest BCUT2D eigenvalue weighted by atomic mass is 9.98. The van der Waals surface area contributed by atoms with Gasteiger partial charge >= 0.3 is 5.97 Å². The number of amides is 2. The second-order valence-corrected chi connectivity index (χ2v) is 6.86. The summed E-state index contributed by atoms with van der Waals surface area (Å²) in [6, 6.07) is 0. The molecule has 1 unspecified atom stereocenters. The van der Waals surface area contributed by atoms with E-state index < -0.39 is 11.9 Å². The van der Waals surface area contributed by atoms with E-state index in [2.05, 4.69) is 4.98 Å². The molecule has 2 rings (SSSR count). The Labute approximate surface area is 152 Å². The Bertz CT molecular complexity index is 752. The van der Waals surface area contributed by atoms with Crippen LogP contribution in [0.1, 0.15) is 51.9 Å². The van der Waals surface area contributed by atoms with Gasteiger partial charge in [-0.2, -0.15) is 0 Å². The van der Waals surface area contributed by atoms with Crippen LogP contribution in [0.4, 0.5) is 0 Å². The monoisotopic (exact) mass is 363 g/mol. The second-order valence-electron chi connectivity index (χ2n) is 6.86. The summed E-state index contributed by atoms with van der Waals surface area (Å²) in [5.74, 6) is -2.24. The highest BCUT2D eigenvalue weighted by Gasteiger charge is 2.30. The number of Topliss-reactive ketones (excluding diaryl/α,β-unsaturated/α-hetero) is 1. The first-order valence-electron chi connectivity index (χ1n) is 8.59. The zero-order valence-electron chi connectivity index (χ0n) is 15.6. The van der Waals surface area contributed by atoms with Gasteiger partial charge in [0.15, 0.2) is 5.78 Å². The van der Waals surface area contributed by atoms with Crippen LogP contribution in [0.3, 0.4) is 0 Å². The highest BCUT2D eigenvalue weighted by molar-refractivity contribution is 6.03. The van der Waals surface area contributed by atoms with Gasteiger partial charge in [-0.3, -0.25) is 19.2 Å². The molecule has 2 heterocycles. The summed E-state index contributed by atoms with van der Waals surface area (Å²) in [5.41, 5.74) is 1.99. The van der Waals surface area contributed by atoms with E-state index in [0.29, 0.717) is 41.9 Å². The van der Waals surface area contributed by atoms with Crippen molar-refractivity contribution in [2.75, 3.05) is 26.7 Å². The molecular weight excluding hydrogens is 338 g/mol. The molecule has 0 aliphatic carbocycles. The molecule has 2 N–H and O–H groups in total. The number of rotatable bonds is 5. The molecule has 0 aromatic carbocycles. The van der Waals surface area contributed by atoms with Crippen LogP contribution in [0, 0.1) is 19.8 Å². The largest absolute Gasteiger partial charge is 0.481 e. The number of carboxylic acid groups (broad SMARTS) is 1. The van der Waals surface area contributed by atoms with Crippen molar-refractivity contribution < 1.29 is 24.3 Å². The van der Waals surface area contributed by atoms with Crippen molar-refractivity contribution in [1.29, 1.82) is 0 Å². The lowest BCUT2D eigenvalue weighted by molar-refractivity contribution is -0.145. The zero-order valence-corrected chi connectivity index (χ0v) is 15.6. The van der Waals surface area contributed by atoms with Crippen LogP contribution in [-0.2, 0) is 9.59 Å². The number of hydrogen-bond donors (Lipinski definition) is 2. The summed E-state index contributed by atoms with van der Waals surface area (Å²) in [4.78, 5) is 53.7. The van der Waals surface area contributed by atoms with Gasteiger partial charge in [-0.25, -0.2) is 0 Å². The number of aromatic nitrogens is 1. The molecule has 2 amide bonds. The number of piperidine rings is 1. The van der Waals surface area contributed by atoms with E-state index in [0.717, 1.165) is 0 Å². The molecule has 142 valence electrons. The van der Waals surface area contributed by atoms with Crippen molar-refractivity contribution >= 4 is 23.6 Å². The van der Waals surface area contributed by atoms with E-state index in [-0.39, 0.29) is 30.7 Å². The molecule has 1 fully saturated rings. The molecule has 0 radical (unpaired) electrons. The van der Waals surface area contributed by atoms with Gasteiger partial charge in [0.2, 0.25) is 5.91 Å². The molecular formula is C18H25N3O5. The molecule has 1 aromatic rings. The lowest BCUT2D eigenvalue weighted by Gasteiger charge is -2.32. The van der Waals surface area contributed by atoms with Crippen LogP contribution < -0.4 is 0 Å². The number of likely N-dealkylation sites (tertiary alicyclic amines) is 1. The smallest absolute Gasteiger partial charge is 0.308 e. The van der Waals surface area contributed by atoms with E-state index in [1.165, 1.54) is 23.8 Å². The van der Waals surface area contributed by atoms with Crippen LogP contribution in [0.2, 0.25) is 0 Å². The normalized spacial score (nSPS) is 17.1. The highest BCUT2D eigenvalue weighted by atomic mass is 16.4. The fourth-order valence-electron chi connectivity index (χ4n) is 3.46. The third-order valence-electron chi connectivity index (χ3n) is 4.85. The predicted octanol–water partition coefficient (Wildman–Crippen LogP) is 1.23. The first kappa shape index (κ1) is 19.7. The fraction of sp³-hybridized carbons (Fsp3) is 0.556. The minimum atomic E-state index is -0.902. The number of nitrogens with zero attached hydrogens (tertiary/aromatic N) is 2. The molecule has 8 heteroatoms. The first-order chi connectivity index (χ1) is 12.1. The predicted molar refractivity (Wildman–Crippen MR) is 94.2 cm³/mol. The van der Waals surface area contributed by atoms with Crippen LogP contribution in [-0.4, -0.2) is 70.1 Å². The molecule has 1 saturated heterocycles. The number of aromatic amines is 1. The van der Waals surface area contributed by atoms with Crippen molar-refractivity contribution in [1.82, 2.24) is 14.8 Å². The topological polar surface area (TPSA) is 111 Å². The standard InChI is InChI=1S/C18H25N3O5/c1-10-15(12(3)22)11(2)19-16(10)17(24)20(4)9-14(23)21-7-5-6-13(8-21)18(25)26/h13,19H,5-9H2,1-4H3,(H,25,26). The Morgan fingerprint density at radius 3 is 2.46 bits per heavy atom. The number of aryl methyl sites for hydroxylation is 1. The molecule has 1 aliphatic heterocycles. The number of carboxylic acids is 1.